The van der Waals surface area contributed by atoms with Gasteiger partial charge in [-0.25, -0.2) is 4.98 Å². The third-order valence-corrected chi connectivity index (χ3v) is 6.14. The van der Waals surface area contributed by atoms with Crippen molar-refractivity contribution in [2.45, 2.75) is 38.0 Å². The van der Waals surface area contributed by atoms with Gasteiger partial charge >= 0.3 is 0 Å². The van der Waals surface area contributed by atoms with Gasteiger partial charge in [-0.15, -0.1) is 0 Å². The maximum Gasteiger partial charge on any atom is 0.251 e. The number of phenols is 1. The summed E-state index contributed by atoms with van der Waals surface area (Å²) in [5, 5.41) is 15.4. The van der Waals surface area contributed by atoms with Gasteiger partial charge in [-0.1, -0.05) is 12.1 Å². The van der Waals surface area contributed by atoms with Crippen molar-refractivity contribution in [2.75, 3.05) is 6.61 Å². The highest BCUT2D eigenvalue weighted by Gasteiger charge is 2.47. The van der Waals surface area contributed by atoms with Crippen LogP contribution in [0.5, 0.6) is 5.75 Å². The van der Waals surface area contributed by atoms with Crippen molar-refractivity contribution < 1.29 is 24.2 Å². The molecule has 0 saturated carbocycles. The Kier molecular flexibility index (Phi) is 6.47. The number of nitrogens with zero attached hydrogens (tertiary/aromatic N) is 2. The van der Waals surface area contributed by atoms with E-state index in [1.165, 1.54) is 12.1 Å². The van der Waals surface area contributed by atoms with Gasteiger partial charge in [-0.2, -0.15) is 0 Å². The van der Waals surface area contributed by atoms with E-state index in [4.69, 9.17) is 4.74 Å². The van der Waals surface area contributed by atoms with Crippen LogP contribution in [0.3, 0.4) is 0 Å². The maximum atomic E-state index is 13.3. The zero-order chi connectivity index (χ0) is 24.3. The quantitative estimate of drug-likeness (QED) is 0.492. The van der Waals surface area contributed by atoms with Crippen LogP contribution in [-0.2, 0) is 20.7 Å². The molecule has 3 atom stereocenters. The van der Waals surface area contributed by atoms with Gasteiger partial charge in [0.15, 0.2) is 5.78 Å². The van der Waals surface area contributed by atoms with Gasteiger partial charge in [0.1, 0.15) is 23.9 Å². The first-order valence-corrected chi connectivity index (χ1v) is 10.9. The zero-order valence-corrected chi connectivity index (χ0v) is 18.9. The average Bonchev–Trinajstić information content (AvgIpc) is 3.44. The minimum atomic E-state index is -1.19. The molecule has 34 heavy (non-hydrogen) atoms. The van der Waals surface area contributed by atoms with Gasteiger partial charge in [0.2, 0.25) is 5.91 Å². The molecule has 3 aromatic rings. The number of phenolic OH excluding ortho intramolecular Hbond substituents is 1. The molecule has 9 heteroatoms. The number of carbonyl (C=O) groups excluding carboxylic acids is 3. The van der Waals surface area contributed by atoms with Crippen molar-refractivity contribution >= 4 is 17.6 Å². The Labute approximate surface area is 196 Å². The lowest BCUT2D eigenvalue weighted by Gasteiger charge is -2.30. The molecule has 0 spiro atoms. The number of ether oxygens (including phenoxy) is 1. The van der Waals surface area contributed by atoms with E-state index in [-0.39, 0.29) is 24.6 Å². The minimum Gasteiger partial charge on any atom is -0.508 e. The van der Waals surface area contributed by atoms with E-state index < -0.39 is 29.5 Å². The summed E-state index contributed by atoms with van der Waals surface area (Å²) < 4.78 is 7.20. The number of aromatic hydroxyl groups is 1. The van der Waals surface area contributed by atoms with Gasteiger partial charge < -0.3 is 25.0 Å². The number of imidazole rings is 1. The fourth-order valence-corrected chi connectivity index (χ4v) is 3.83. The summed E-state index contributed by atoms with van der Waals surface area (Å²) in [5.41, 5.74) is 0.677. The topological polar surface area (TPSA) is 123 Å². The van der Waals surface area contributed by atoms with Crippen LogP contribution in [-0.4, -0.2) is 56.5 Å². The van der Waals surface area contributed by atoms with Gasteiger partial charge in [-0.3, -0.25) is 14.4 Å². The van der Waals surface area contributed by atoms with E-state index in [1.54, 1.807) is 69.0 Å². The number of hydrogen-bond acceptors (Lipinski definition) is 6. The Bertz CT molecular complexity index is 1190. The summed E-state index contributed by atoms with van der Waals surface area (Å²) in [7, 11) is 0. The van der Waals surface area contributed by atoms with Crippen LogP contribution in [0, 0.1) is 0 Å². The van der Waals surface area contributed by atoms with Crippen LogP contribution >= 0.6 is 0 Å². The third-order valence-electron chi connectivity index (χ3n) is 6.14. The van der Waals surface area contributed by atoms with Gasteiger partial charge in [0, 0.05) is 30.1 Å². The highest BCUT2D eigenvalue weighted by Crippen LogP contribution is 2.23. The zero-order valence-electron chi connectivity index (χ0n) is 18.9. The maximum absolute atomic E-state index is 13.3. The number of ketones is 1. The van der Waals surface area contributed by atoms with E-state index in [9.17, 15) is 19.5 Å². The summed E-state index contributed by atoms with van der Waals surface area (Å²) in [6.07, 6.45) is 4.73. The predicted molar refractivity (Wildman–Crippen MR) is 124 cm³/mol. The molecule has 4 rings (SSSR count). The van der Waals surface area contributed by atoms with Crippen molar-refractivity contribution in [3.05, 3.63) is 78.4 Å². The van der Waals surface area contributed by atoms with Gasteiger partial charge in [0.05, 0.1) is 12.4 Å². The molecule has 3 unspecified atom stereocenters. The molecule has 1 saturated heterocycles. The molecule has 2 aromatic carbocycles. The van der Waals surface area contributed by atoms with Crippen LogP contribution < -0.4 is 10.6 Å². The summed E-state index contributed by atoms with van der Waals surface area (Å²) in [5.74, 6) is -1.13. The molecule has 2 amide bonds. The van der Waals surface area contributed by atoms with Crippen molar-refractivity contribution in [1.82, 2.24) is 20.2 Å². The SMILES string of the molecule is CC1OCC(=O)C1(C)NC(=O)C(Cc1cccc(O)c1)NC(=O)c1ccc(-n2ccnc2)cc1. The molecule has 1 aromatic heterocycles. The fourth-order valence-electron chi connectivity index (χ4n) is 3.83. The highest BCUT2D eigenvalue weighted by molar-refractivity contribution is 6.00. The lowest BCUT2D eigenvalue weighted by molar-refractivity contribution is -0.130. The molecule has 3 N–H and O–H groups in total. The lowest BCUT2D eigenvalue weighted by atomic mass is 9.92. The molecule has 0 aliphatic carbocycles. The fraction of sp³-hybridized carbons (Fsp3) is 0.280. The van der Waals surface area contributed by atoms with E-state index in [0.717, 1.165) is 5.69 Å². The molecule has 1 aliphatic heterocycles. The first kappa shape index (κ1) is 23.2. The van der Waals surface area contributed by atoms with E-state index in [2.05, 4.69) is 15.6 Å². The second kappa shape index (κ2) is 9.48. The molecule has 1 fully saturated rings. The third kappa shape index (κ3) is 4.84. The summed E-state index contributed by atoms with van der Waals surface area (Å²) in [6.45, 7) is 3.26. The van der Waals surface area contributed by atoms with Crippen molar-refractivity contribution in [3.63, 3.8) is 0 Å². The van der Waals surface area contributed by atoms with Crippen LogP contribution in [0.2, 0.25) is 0 Å². The molecule has 0 bridgehead atoms. The smallest absolute Gasteiger partial charge is 0.251 e. The number of amides is 2. The van der Waals surface area contributed by atoms with Crippen LogP contribution in [0.25, 0.3) is 5.69 Å². The Morgan fingerprint density at radius 1 is 1.26 bits per heavy atom. The van der Waals surface area contributed by atoms with Gasteiger partial charge in [-0.05, 0) is 55.8 Å². The number of carbonyl (C=O) groups is 3. The number of benzene rings is 2. The monoisotopic (exact) mass is 462 g/mol. The Morgan fingerprint density at radius 2 is 2.03 bits per heavy atom. The number of aromatic nitrogens is 2. The van der Waals surface area contributed by atoms with E-state index in [0.29, 0.717) is 11.1 Å². The minimum absolute atomic E-state index is 0.0537. The van der Waals surface area contributed by atoms with Crippen molar-refractivity contribution in [1.29, 1.82) is 0 Å². The number of hydrogen-bond donors (Lipinski definition) is 3. The highest BCUT2D eigenvalue weighted by atomic mass is 16.5. The van der Waals surface area contributed by atoms with Crippen molar-refractivity contribution in [3.8, 4) is 11.4 Å². The van der Waals surface area contributed by atoms with Crippen LogP contribution in [0.1, 0.15) is 29.8 Å². The first-order chi connectivity index (χ1) is 16.3. The van der Waals surface area contributed by atoms with Crippen LogP contribution in [0.15, 0.2) is 67.3 Å². The Morgan fingerprint density at radius 3 is 2.65 bits per heavy atom. The molecule has 9 nitrogen and oxygen atoms in total. The van der Waals surface area contributed by atoms with Crippen molar-refractivity contribution in [2.24, 2.45) is 0 Å². The second-order valence-corrected chi connectivity index (χ2v) is 8.48. The molecule has 0 radical (unpaired) electrons. The molecular formula is C25H26N4O5. The first-order valence-electron chi connectivity index (χ1n) is 10.9. The molecule has 1 aliphatic rings. The predicted octanol–water partition coefficient (Wildman–Crippen LogP) is 1.78. The Balaban J connectivity index is 1.54. The summed E-state index contributed by atoms with van der Waals surface area (Å²) >= 11 is 0. The number of nitrogens with one attached hydrogen (secondary N) is 2. The Hall–Kier alpha value is -3.98. The van der Waals surface area contributed by atoms with Gasteiger partial charge in [0.25, 0.3) is 5.91 Å². The molecule has 2 heterocycles. The second-order valence-electron chi connectivity index (χ2n) is 8.48. The summed E-state index contributed by atoms with van der Waals surface area (Å²) in [6, 6.07) is 12.3. The summed E-state index contributed by atoms with van der Waals surface area (Å²) in [4.78, 5) is 42.6. The van der Waals surface area contributed by atoms with E-state index >= 15 is 0 Å². The van der Waals surface area contributed by atoms with E-state index in [1.807, 2.05) is 4.57 Å². The standard InChI is InChI=1S/C25H26N4O5/c1-16-25(2,22(31)14-34-16)28-24(33)21(13-17-4-3-5-20(30)12-17)27-23(32)18-6-8-19(9-7-18)29-11-10-26-15-29/h3-12,15-16,21,30H,13-14H2,1-2H3,(H,27,32)(H,28,33). The lowest BCUT2D eigenvalue weighted by Crippen LogP contribution is -2.60. The number of rotatable bonds is 7. The molecular weight excluding hydrogens is 436 g/mol. The molecule has 176 valence electrons. The average molecular weight is 463 g/mol. The van der Waals surface area contributed by atoms with Crippen LogP contribution in [0.4, 0.5) is 0 Å². The normalized spacial score (nSPS) is 20.6. The largest absolute Gasteiger partial charge is 0.508 e. The number of Topliss-reactive ketones (excluding diaryl/α,β-unsaturated/α-hetero) is 1.